The van der Waals surface area contributed by atoms with Gasteiger partial charge >= 0.3 is 0 Å². The molecule has 1 nitrogen and oxygen atoms in total. The van der Waals surface area contributed by atoms with Crippen LogP contribution in [0.5, 0.6) is 0 Å². The van der Waals surface area contributed by atoms with Crippen molar-refractivity contribution in [2.24, 2.45) is 0 Å². The second-order valence-corrected chi connectivity index (χ2v) is 3.83. The summed E-state index contributed by atoms with van der Waals surface area (Å²) in [5.41, 5.74) is 3.51. The number of allylic oxidation sites excluding steroid dienone is 2. The van der Waals surface area contributed by atoms with Crippen LogP contribution in [0.15, 0.2) is 60.8 Å². The van der Waals surface area contributed by atoms with E-state index in [0.717, 1.165) is 5.69 Å². The number of aryl methyl sites for hydroxylation is 1. The number of hydrogen-bond acceptors (Lipinski definition) is 1. The third-order valence-corrected chi connectivity index (χ3v) is 2.53. The lowest BCUT2D eigenvalue weighted by Crippen LogP contribution is -1.77. The second kappa shape index (κ2) is 5.80. The summed E-state index contributed by atoms with van der Waals surface area (Å²) < 4.78 is 0. The molecule has 0 amide bonds. The van der Waals surface area contributed by atoms with Crippen molar-refractivity contribution >= 4 is 12.2 Å². The van der Waals surface area contributed by atoms with E-state index in [9.17, 15) is 0 Å². The first-order valence-electron chi connectivity index (χ1n) is 5.68. The van der Waals surface area contributed by atoms with Crippen LogP contribution < -0.4 is 0 Å². The van der Waals surface area contributed by atoms with Crippen molar-refractivity contribution in [3.63, 3.8) is 0 Å². The molecule has 0 radical (unpaired) electrons. The molecule has 84 valence electrons. The normalized spacial score (nSPS) is 11.4. The predicted octanol–water partition coefficient (Wildman–Crippen LogP) is 4.12. The molecule has 2 aromatic rings. The van der Waals surface area contributed by atoms with E-state index in [1.54, 1.807) is 6.20 Å². The van der Waals surface area contributed by atoms with Gasteiger partial charge in [-0.1, -0.05) is 48.6 Å². The van der Waals surface area contributed by atoms with E-state index in [-0.39, 0.29) is 0 Å². The van der Waals surface area contributed by atoms with Gasteiger partial charge in [-0.2, -0.15) is 0 Å². The predicted molar refractivity (Wildman–Crippen MR) is 73.5 cm³/mol. The first-order chi connectivity index (χ1) is 8.36. The molecule has 0 N–H and O–H groups in total. The van der Waals surface area contributed by atoms with E-state index in [2.05, 4.69) is 42.2 Å². The SMILES string of the molecule is Cc1ccccc1C=CC=Cc1ccccn1. The quantitative estimate of drug-likeness (QED) is 0.710. The molecule has 0 saturated heterocycles. The lowest BCUT2D eigenvalue weighted by atomic mass is 10.1. The van der Waals surface area contributed by atoms with Gasteiger partial charge in [0.1, 0.15) is 0 Å². The van der Waals surface area contributed by atoms with Gasteiger partial charge in [-0.25, -0.2) is 0 Å². The first-order valence-corrected chi connectivity index (χ1v) is 5.68. The number of hydrogen-bond donors (Lipinski definition) is 0. The Morgan fingerprint density at radius 1 is 0.882 bits per heavy atom. The van der Waals surface area contributed by atoms with E-state index < -0.39 is 0 Å². The lowest BCUT2D eigenvalue weighted by Gasteiger charge is -1.96. The van der Waals surface area contributed by atoms with Crippen molar-refractivity contribution in [1.82, 2.24) is 4.98 Å². The molecule has 1 heteroatoms. The maximum absolute atomic E-state index is 4.22. The zero-order chi connectivity index (χ0) is 11.9. The van der Waals surface area contributed by atoms with E-state index in [1.165, 1.54) is 11.1 Å². The van der Waals surface area contributed by atoms with Gasteiger partial charge < -0.3 is 0 Å². The zero-order valence-corrected chi connectivity index (χ0v) is 9.88. The van der Waals surface area contributed by atoms with Gasteiger partial charge in [0.25, 0.3) is 0 Å². The van der Waals surface area contributed by atoms with Gasteiger partial charge in [-0.15, -0.1) is 0 Å². The number of nitrogens with zero attached hydrogens (tertiary/aromatic N) is 1. The molecule has 0 saturated carbocycles. The fraction of sp³-hybridized carbons (Fsp3) is 0.0625. The highest BCUT2D eigenvalue weighted by Gasteiger charge is 1.89. The van der Waals surface area contributed by atoms with Crippen LogP contribution in [0.4, 0.5) is 0 Å². The minimum Gasteiger partial charge on any atom is -0.257 e. The van der Waals surface area contributed by atoms with Gasteiger partial charge in [-0.3, -0.25) is 4.98 Å². The molecule has 0 spiro atoms. The topological polar surface area (TPSA) is 12.9 Å². The molecule has 1 heterocycles. The van der Waals surface area contributed by atoms with Crippen LogP contribution in [0.1, 0.15) is 16.8 Å². The molecular formula is C16H15N. The minimum atomic E-state index is 0.974. The summed E-state index contributed by atoms with van der Waals surface area (Å²) >= 11 is 0. The highest BCUT2D eigenvalue weighted by atomic mass is 14.6. The molecular weight excluding hydrogens is 206 g/mol. The summed E-state index contributed by atoms with van der Waals surface area (Å²) in [6, 6.07) is 14.2. The van der Waals surface area contributed by atoms with Crippen molar-refractivity contribution in [2.45, 2.75) is 6.92 Å². The molecule has 2 rings (SSSR count). The summed E-state index contributed by atoms with van der Waals surface area (Å²) in [4.78, 5) is 4.22. The van der Waals surface area contributed by atoms with E-state index in [1.807, 2.05) is 36.4 Å². The fourth-order valence-corrected chi connectivity index (χ4v) is 1.56. The second-order valence-electron chi connectivity index (χ2n) is 3.83. The Morgan fingerprint density at radius 3 is 2.41 bits per heavy atom. The van der Waals surface area contributed by atoms with Gasteiger partial charge in [0.2, 0.25) is 0 Å². The van der Waals surface area contributed by atoms with Crippen LogP contribution in [-0.2, 0) is 0 Å². The van der Waals surface area contributed by atoms with Crippen LogP contribution in [-0.4, -0.2) is 4.98 Å². The Balaban J connectivity index is 2.04. The zero-order valence-electron chi connectivity index (χ0n) is 9.88. The maximum atomic E-state index is 4.22. The van der Waals surface area contributed by atoms with Crippen molar-refractivity contribution in [3.05, 3.63) is 77.6 Å². The third kappa shape index (κ3) is 3.42. The number of aromatic nitrogens is 1. The van der Waals surface area contributed by atoms with Crippen LogP contribution >= 0.6 is 0 Å². The van der Waals surface area contributed by atoms with Crippen molar-refractivity contribution in [1.29, 1.82) is 0 Å². The molecule has 1 aromatic heterocycles. The van der Waals surface area contributed by atoms with Gasteiger partial charge in [0.05, 0.1) is 5.69 Å². The van der Waals surface area contributed by atoms with Crippen LogP contribution in [0.2, 0.25) is 0 Å². The Kier molecular flexibility index (Phi) is 3.87. The van der Waals surface area contributed by atoms with Crippen molar-refractivity contribution in [2.75, 3.05) is 0 Å². The third-order valence-electron chi connectivity index (χ3n) is 2.53. The highest BCUT2D eigenvalue weighted by molar-refractivity contribution is 5.57. The largest absolute Gasteiger partial charge is 0.257 e. The van der Waals surface area contributed by atoms with E-state index in [4.69, 9.17) is 0 Å². The molecule has 17 heavy (non-hydrogen) atoms. The molecule has 0 fully saturated rings. The summed E-state index contributed by atoms with van der Waals surface area (Å²) in [5.74, 6) is 0. The highest BCUT2D eigenvalue weighted by Crippen LogP contribution is 2.09. The minimum absolute atomic E-state index is 0.974. The van der Waals surface area contributed by atoms with Crippen LogP contribution in [0.3, 0.4) is 0 Å². The van der Waals surface area contributed by atoms with E-state index in [0.29, 0.717) is 0 Å². The number of rotatable bonds is 3. The average Bonchev–Trinajstić information content (AvgIpc) is 2.38. The first kappa shape index (κ1) is 11.3. The molecule has 0 atom stereocenters. The van der Waals surface area contributed by atoms with Crippen LogP contribution in [0, 0.1) is 6.92 Å². The number of pyridine rings is 1. The maximum Gasteiger partial charge on any atom is 0.0629 e. The van der Waals surface area contributed by atoms with Crippen LogP contribution in [0.25, 0.3) is 12.2 Å². The van der Waals surface area contributed by atoms with E-state index >= 15 is 0 Å². The lowest BCUT2D eigenvalue weighted by molar-refractivity contribution is 1.30. The summed E-state index contributed by atoms with van der Waals surface area (Å²) in [7, 11) is 0. The molecule has 0 unspecified atom stereocenters. The molecule has 0 aliphatic carbocycles. The number of benzene rings is 1. The summed E-state index contributed by atoms with van der Waals surface area (Å²) in [5, 5.41) is 0. The smallest absolute Gasteiger partial charge is 0.0629 e. The average molecular weight is 221 g/mol. The van der Waals surface area contributed by atoms with Gasteiger partial charge in [-0.05, 0) is 36.3 Å². The Labute approximate surface area is 102 Å². The van der Waals surface area contributed by atoms with Gasteiger partial charge in [0, 0.05) is 6.20 Å². The Morgan fingerprint density at radius 2 is 1.65 bits per heavy atom. The van der Waals surface area contributed by atoms with Crippen molar-refractivity contribution in [3.8, 4) is 0 Å². The summed E-state index contributed by atoms with van der Waals surface area (Å²) in [6.07, 6.45) is 9.94. The Bertz CT molecular complexity index is 524. The standard InChI is InChI=1S/C16H15N/c1-14-8-2-3-9-15(14)10-4-5-11-16-12-6-7-13-17-16/h2-13H,1H3. The molecule has 0 aliphatic heterocycles. The molecule has 1 aromatic carbocycles. The Hall–Kier alpha value is -2.15. The molecule has 0 aliphatic rings. The van der Waals surface area contributed by atoms with Gasteiger partial charge in [0.15, 0.2) is 0 Å². The monoisotopic (exact) mass is 221 g/mol. The fourth-order valence-electron chi connectivity index (χ4n) is 1.56. The summed E-state index contributed by atoms with van der Waals surface area (Å²) in [6.45, 7) is 2.11. The molecule has 0 bridgehead atoms. The van der Waals surface area contributed by atoms with Crippen molar-refractivity contribution < 1.29 is 0 Å².